The van der Waals surface area contributed by atoms with Gasteiger partial charge in [0.1, 0.15) is 11.3 Å². The van der Waals surface area contributed by atoms with Gasteiger partial charge in [-0.25, -0.2) is 4.79 Å². The molecule has 2 rings (SSSR count). The molecule has 1 N–H and O–H groups in total. The first kappa shape index (κ1) is 13.9. The van der Waals surface area contributed by atoms with Gasteiger partial charge in [0.15, 0.2) is 5.76 Å². The highest BCUT2D eigenvalue weighted by molar-refractivity contribution is 5.94. The van der Waals surface area contributed by atoms with Crippen molar-refractivity contribution in [3.63, 3.8) is 0 Å². The Morgan fingerprint density at radius 1 is 1.40 bits per heavy atom. The van der Waals surface area contributed by atoms with Crippen LogP contribution in [-0.2, 0) is 6.18 Å². The zero-order chi connectivity index (χ0) is 14.9. The Bertz CT molecular complexity index is 648. The lowest BCUT2D eigenvalue weighted by molar-refractivity contribution is -0.137. The fourth-order valence-electron chi connectivity index (χ4n) is 1.67. The first-order valence-electron chi connectivity index (χ1n) is 5.28. The highest BCUT2D eigenvalue weighted by Gasteiger charge is 2.36. The molecule has 0 radical (unpaired) electrons. The maximum Gasteiger partial charge on any atom is 0.417 e. The Hall–Kier alpha value is -2.51. The number of aromatic carboxylic acids is 1. The first-order valence-corrected chi connectivity index (χ1v) is 5.28. The quantitative estimate of drug-likeness (QED) is 0.939. The topological polar surface area (TPSA) is 72.6 Å². The Kier molecular flexibility index (Phi) is 3.39. The van der Waals surface area contributed by atoms with Crippen LogP contribution < -0.4 is 4.74 Å². The number of methoxy groups -OCH3 is 1. The van der Waals surface area contributed by atoms with E-state index < -0.39 is 34.6 Å². The van der Waals surface area contributed by atoms with Gasteiger partial charge >= 0.3 is 12.1 Å². The minimum Gasteiger partial charge on any atom is -0.497 e. The predicted octanol–water partition coefficient (Wildman–Crippen LogP) is 3.07. The van der Waals surface area contributed by atoms with Crippen molar-refractivity contribution >= 4 is 5.97 Å². The van der Waals surface area contributed by atoms with E-state index in [-0.39, 0.29) is 5.75 Å². The molecular formula is C12H8F3NO4. The molecule has 5 nitrogen and oxygen atoms in total. The molecule has 0 aliphatic heterocycles. The lowest BCUT2D eigenvalue weighted by Gasteiger charge is -2.12. The second-order valence-corrected chi connectivity index (χ2v) is 3.78. The lowest BCUT2D eigenvalue weighted by atomic mass is 10.0. The Balaban J connectivity index is 2.67. The molecule has 1 heterocycles. The molecule has 0 bridgehead atoms. The van der Waals surface area contributed by atoms with E-state index in [1.54, 1.807) is 0 Å². The molecule has 0 aliphatic rings. The number of ether oxygens (including phenoxy) is 1. The van der Waals surface area contributed by atoms with Crippen LogP contribution in [0.2, 0.25) is 0 Å². The van der Waals surface area contributed by atoms with Gasteiger partial charge in [-0.1, -0.05) is 5.16 Å². The minimum absolute atomic E-state index is 0.00235. The fourth-order valence-corrected chi connectivity index (χ4v) is 1.67. The Labute approximate surface area is 110 Å². The van der Waals surface area contributed by atoms with Crippen molar-refractivity contribution in [2.45, 2.75) is 6.18 Å². The van der Waals surface area contributed by atoms with Crippen molar-refractivity contribution in [1.29, 1.82) is 0 Å². The summed E-state index contributed by atoms with van der Waals surface area (Å²) in [6.07, 6.45) is -3.84. The molecule has 0 atom stereocenters. The van der Waals surface area contributed by atoms with E-state index in [1.807, 2.05) is 0 Å². The van der Waals surface area contributed by atoms with Gasteiger partial charge in [0, 0.05) is 5.56 Å². The molecule has 0 amide bonds. The van der Waals surface area contributed by atoms with Gasteiger partial charge in [-0.3, -0.25) is 0 Å². The van der Waals surface area contributed by atoms with Crippen molar-refractivity contribution in [3.8, 4) is 17.1 Å². The van der Waals surface area contributed by atoms with Gasteiger partial charge < -0.3 is 14.4 Å². The summed E-state index contributed by atoms with van der Waals surface area (Å²) in [5.41, 5.74) is -1.91. The van der Waals surface area contributed by atoms with Crippen LogP contribution in [0.3, 0.4) is 0 Å². The second-order valence-electron chi connectivity index (χ2n) is 3.78. The number of hydrogen-bond donors (Lipinski definition) is 1. The van der Waals surface area contributed by atoms with E-state index >= 15 is 0 Å². The Morgan fingerprint density at radius 2 is 2.10 bits per heavy atom. The van der Waals surface area contributed by atoms with Crippen molar-refractivity contribution in [1.82, 2.24) is 5.16 Å². The molecule has 0 saturated heterocycles. The lowest BCUT2D eigenvalue weighted by Crippen LogP contribution is -2.08. The maximum absolute atomic E-state index is 13.0. The van der Waals surface area contributed by atoms with Gasteiger partial charge in [0.25, 0.3) is 0 Å². The first-order chi connectivity index (χ1) is 9.34. The summed E-state index contributed by atoms with van der Waals surface area (Å²) in [6, 6.07) is 3.12. The third-order valence-corrected chi connectivity index (χ3v) is 2.58. The number of rotatable bonds is 3. The number of carbonyl (C=O) groups is 1. The van der Waals surface area contributed by atoms with Crippen molar-refractivity contribution in [3.05, 3.63) is 35.5 Å². The van der Waals surface area contributed by atoms with E-state index in [4.69, 9.17) is 9.84 Å². The summed E-state index contributed by atoms with van der Waals surface area (Å²) < 4.78 is 48.5. The van der Waals surface area contributed by atoms with E-state index in [2.05, 4.69) is 9.68 Å². The molecule has 0 spiro atoms. The van der Waals surface area contributed by atoms with Gasteiger partial charge in [0.2, 0.25) is 0 Å². The van der Waals surface area contributed by atoms with Crippen molar-refractivity contribution < 1.29 is 32.3 Å². The van der Waals surface area contributed by atoms with Gasteiger partial charge in [-0.2, -0.15) is 13.2 Å². The number of nitrogens with zero attached hydrogens (tertiary/aromatic N) is 1. The maximum atomic E-state index is 13.0. The molecular weight excluding hydrogens is 279 g/mol. The van der Waals surface area contributed by atoms with Crippen LogP contribution in [0.15, 0.2) is 28.9 Å². The third kappa shape index (κ3) is 2.44. The monoisotopic (exact) mass is 287 g/mol. The van der Waals surface area contributed by atoms with Crippen molar-refractivity contribution in [2.75, 3.05) is 7.11 Å². The van der Waals surface area contributed by atoms with E-state index in [0.29, 0.717) is 0 Å². The highest BCUT2D eigenvalue weighted by Crippen LogP contribution is 2.40. The summed E-state index contributed by atoms with van der Waals surface area (Å²) in [4.78, 5) is 10.9. The zero-order valence-corrected chi connectivity index (χ0v) is 10.1. The van der Waals surface area contributed by atoms with Gasteiger partial charge in [-0.05, 0) is 18.2 Å². The Morgan fingerprint density at radius 3 is 2.65 bits per heavy atom. The van der Waals surface area contributed by atoms with Crippen LogP contribution in [0.1, 0.15) is 15.9 Å². The number of hydrogen-bond acceptors (Lipinski definition) is 4. The van der Waals surface area contributed by atoms with Gasteiger partial charge in [0.05, 0.1) is 18.9 Å². The van der Waals surface area contributed by atoms with E-state index in [9.17, 15) is 18.0 Å². The molecule has 0 aliphatic carbocycles. The number of carboxylic acid groups (broad SMARTS) is 1. The number of carboxylic acids is 1. The average Bonchev–Trinajstić information content (AvgIpc) is 2.86. The summed E-state index contributed by atoms with van der Waals surface area (Å²) >= 11 is 0. The number of benzene rings is 1. The smallest absolute Gasteiger partial charge is 0.417 e. The van der Waals surface area contributed by atoms with Crippen LogP contribution in [0.5, 0.6) is 5.75 Å². The molecule has 20 heavy (non-hydrogen) atoms. The number of alkyl halides is 3. The molecule has 0 unspecified atom stereocenters. The normalized spacial score (nSPS) is 11.4. The van der Waals surface area contributed by atoms with Crippen LogP contribution in [0.25, 0.3) is 11.3 Å². The van der Waals surface area contributed by atoms with E-state index in [1.165, 1.54) is 13.2 Å². The van der Waals surface area contributed by atoms with Crippen LogP contribution in [0.4, 0.5) is 13.2 Å². The molecule has 106 valence electrons. The van der Waals surface area contributed by atoms with Crippen LogP contribution in [0, 0.1) is 0 Å². The largest absolute Gasteiger partial charge is 0.497 e. The molecule has 0 saturated carbocycles. The molecule has 1 aromatic heterocycles. The number of halogens is 3. The SMILES string of the molecule is COc1ccc(-c2oncc2C(=O)O)c(C(F)(F)F)c1. The standard InChI is InChI=1S/C12H8F3NO4/c1-19-6-2-3-7(9(4-6)12(13,14)15)10-8(11(17)18)5-16-20-10/h2-5H,1H3,(H,17,18). The second kappa shape index (κ2) is 4.87. The van der Waals surface area contributed by atoms with Gasteiger partial charge in [-0.15, -0.1) is 0 Å². The summed E-state index contributed by atoms with van der Waals surface area (Å²) in [5, 5.41) is 12.1. The molecule has 2 aromatic rings. The fraction of sp³-hybridized carbons (Fsp3) is 0.167. The molecule has 0 fully saturated rings. The van der Waals surface area contributed by atoms with Crippen molar-refractivity contribution in [2.24, 2.45) is 0 Å². The predicted molar refractivity (Wildman–Crippen MR) is 60.5 cm³/mol. The summed E-state index contributed by atoms with van der Waals surface area (Å²) in [7, 11) is 1.23. The highest BCUT2D eigenvalue weighted by atomic mass is 19.4. The molecule has 8 heteroatoms. The van der Waals surface area contributed by atoms with Crippen LogP contribution in [-0.4, -0.2) is 23.3 Å². The van der Waals surface area contributed by atoms with Crippen LogP contribution >= 0.6 is 0 Å². The molecule has 1 aromatic carbocycles. The van der Waals surface area contributed by atoms with E-state index in [0.717, 1.165) is 18.3 Å². The summed E-state index contributed by atoms with van der Waals surface area (Å²) in [6.45, 7) is 0. The average molecular weight is 287 g/mol. The summed E-state index contributed by atoms with van der Waals surface area (Å²) in [5.74, 6) is -1.88. The minimum atomic E-state index is -4.69. The zero-order valence-electron chi connectivity index (χ0n) is 10.1. The third-order valence-electron chi connectivity index (χ3n) is 2.58. The number of aromatic nitrogens is 1.